The Morgan fingerprint density at radius 2 is 2.16 bits per heavy atom. The quantitative estimate of drug-likeness (QED) is 0.785. The number of rotatable bonds is 4. The number of carbonyl (C=O) groups is 2. The molecule has 25 heavy (non-hydrogen) atoms. The second kappa shape index (κ2) is 7.29. The van der Waals surface area contributed by atoms with Crippen molar-refractivity contribution in [3.05, 3.63) is 46.9 Å². The van der Waals surface area contributed by atoms with E-state index in [2.05, 4.69) is 15.4 Å². The van der Waals surface area contributed by atoms with Gasteiger partial charge in [0.05, 0.1) is 19.6 Å². The fourth-order valence-corrected chi connectivity index (χ4v) is 2.93. The zero-order valence-electron chi connectivity index (χ0n) is 14.0. The van der Waals surface area contributed by atoms with Crippen LogP contribution in [-0.2, 0) is 29.2 Å². The van der Waals surface area contributed by atoms with Crippen molar-refractivity contribution >= 4 is 11.8 Å². The first-order valence-corrected chi connectivity index (χ1v) is 8.07. The van der Waals surface area contributed by atoms with Gasteiger partial charge >= 0.3 is 0 Å². The maximum Gasteiger partial charge on any atom is 0.266 e. The van der Waals surface area contributed by atoms with E-state index in [1.54, 1.807) is 23.4 Å². The predicted molar refractivity (Wildman–Crippen MR) is 88.3 cm³/mol. The van der Waals surface area contributed by atoms with Gasteiger partial charge in [-0.15, -0.1) is 0 Å². The molecule has 0 saturated heterocycles. The summed E-state index contributed by atoms with van der Waals surface area (Å²) in [5, 5.41) is 6.62. The van der Waals surface area contributed by atoms with E-state index in [-0.39, 0.29) is 29.8 Å². The number of fused-ring (bicyclic) bond motifs is 1. The van der Waals surface area contributed by atoms with Gasteiger partial charge in [-0.3, -0.25) is 14.4 Å². The number of nitrogens with one attached hydrogen (secondary N) is 1. The van der Waals surface area contributed by atoms with Gasteiger partial charge in [-0.2, -0.15) is 5.10 Å². The van der Waals surface area contributed by atoms with Gasteiger partial charge < -0.3 is 14.8 Å². The molecule has 9 nitrogen and oxygen atoms in total. The van der Waals surface area contributed by atoms with Crippen molar-refractivity contribution in [2.75, 3.05) is 13.1 Å². The van der Waals surface area contributed by atoms with E-state index >= 15 is 0 Å². The SMILES string of the molecule is CC(=O)NCC(=O)N1Cc2nccn2CC(Cn2ncccc2=O)C1. The van der Waals surface area contributed by atoms with Crippen LogP contribution in [0.5, 0.6) is 0 Å². The third kappa shape index (κ3) is 4.11. The molecule has 0 spiro atoms. The molecule has 0 aliphatic carbocycles. The summed E-state index contributed by atoms with van der Waals surface area (Å²) in [6.45, 7) is 3.21. The normalized spacial score (nSPS) is 16.8. The van der Waals surface area contributed by atoms with E-state index in [9.17, 15) is 14.4 Å². The van der Waals surface area contributed by atoms with Crippen LogP contribution in [0.25, 0.3) is 0 Å². The summed E-state index contributed by atoms with van der Waals surface area (Å²) < 4.78 is 3.40. The molecule has 0 radical (unpaired) electrons. The molecular weight excluding hydrogens is 324 g/mol. The van der Waals surface area contributed by atoms with Crippen molar-refractivity contribution in [1.29, 1.82) is 0 Å². The fourth-order valence-electron chi connectivity index (χ4n) is 2.93. The molecule has 1 N–H and O–H groups in total. The van der Waals surface area contributed by atoms with Crippen molar-refractivity contribution < 1.29 is 9.59 Å². The summed E-state index contributed by atoms with van der Waals surface area (Å²) in [6, 6.07) is 3.06. The summed E-state index contributed by atoms with van der Waals surface area (Å²) in [7, 11) is 0. The minimum atomic E-state index is -0.249. The standard InChI is InChI=1S/C16H20N6O3/c1-12(23)18-7-16(25)21-9-13(8-20-6-5-17-14(20)11-21)10-22-15(24)3-2-4-19-22/h2-6,13H,7-11H2,1H3,(H,18,23). The summed E-state index contributed by atoms with van der Waals surface area (Å²) in [6.07, 6.45) is 5.13. The van der Waals surface area contributed by atoms with Crippen LogP contribution in [0.4, 0.5) is 0 Å². The molecule has 0 aromatic carbocycles. The molecule has 9 heteroatoms. The molecular formula is C16H20N6O3. The highest BCUT2D eigenvalue weighted by Gasteiger charge is 2.26. The third-order valence-electron chi connectivity index (χ3n) is 4.13. The van der Waals surface area contributed by atoms with Crippen molar-refractivity contribution in [2.24, 2.45) is 5.92 Å². The van der Waals surface area contributed by atoms with Crippen molar-refractivity contribution in [2.45, 2.75) is 26.6 Å². The Morgan fingerprint density at radius 3 is 2.92 bits per heavy atom. The van der Waals surface area contributed by atoms with Gasteiger partial charge in [0, 0.05) is 50.6 Å². The molecule has 0 bridgehead atoms. The third-order valence-corrected chi connectivity index (χ3v) is 4.13. The highest BCUT2D eigenvalue weighted by Crippen LogP contribution is 2.16. The molecule has 1 atom stereocenters. The Kier molecular flexibility index (Phi) is 4.92. The Morgan fingerprint density at radius 1 is 1.32 bits per heavy atom. The molecule has 2 aromatic rings. The summed E-state index contributed by atoms with van der Waals surface area (Å²) in [4.78, 5) is 41.4. The van der Waals surface area contributed by atoms with E-state index in [4.69, 9.17) is 0 Å². The van der Waals surface area contributed by atoms with Crippen LogP contribution >= 0.6 is 0 Å². The van der Waals surface area contributed by atoms with Crippen LogP contribution in [0.1, 0.15) is 12.7 Å². The van der Waals surface area contributed by atoms with Gasteiger partial charge in [-0.25, -0.2) is 9.67 Å². The molecule has 1 aliphatic heterocycles. The van der Waals surface area contributed by atoms with Crippen molar-refractivity contribution in [1.82, 2.24) is 29.5 Å². The largest absolute Gasteiger partial charge is 0.347 e. The van der Waals surface area contributed by atoms with Crippen LogP contribution < -0.4 is 10.9 Å². The maximum atomic E-state index is 12.4. The minimum absolute atomic E-state index is 0.00401. The predicted octanol–water partition coefficient (Wildman–Crippen LogP) is -0.765. The van der Waals surface area contributed by atoms with Gasteiger partial charge in [0.2, 0.25) is 11.8 Å². The summed E-state index contributed by atoms with van der Waals surface area (Å²) >= 11 is 0. The van der Waals surface area contributed by atoms with Crippen molar-refractivity contribution in [3.63, 3.8) is 0 Å². The smallest absolute Gasteiger partial charge is 0.266 e. The topological polar surface area (TPSA) is 102 Å². The molecule has 2 amide bonds. The van der Waals surface area contributed by atoms with Gasteiger partial charge in [0.1, 0.15) is 5.82 Å². The van der Waals surface area contributed by atoms with Gasteiger partial charge in [-0.1, -0.05) is 0 Å². The molecule has 1 unspecified atom stereocenters. The zero-order valence-corrected chi connectivity index (χ0v) is 14.0. The number of aromatic nitrogens is 4. The van der Waals surface area contributed by atoms with Crippen LogP contribution in [0.3, 0.4) is 0 Å². The molecule has 1 aliphatic rings. The number of amides is 2. The zero-order chi connectivity index (χ0) is 17.8. The lowest BCUT2D eigenvalue weighted by atomic mass is 10.1. The second-order valence-corrected chi connectivity index (χ2v) is 6.09. The average molecular weight is 344 g/mol. The Balaban J connectivity index is 1.79. The Labute approximate surface area is 144 Å². The molecule has 132 valence electrons. The van der Waals surface area contributed by atoms with Gasteiger partial charge in [0.15, 0.2) is 0 Å². The maximum absolute atomic E-state index is 12.4. The molecule has 0 fully saturated rings. The number of nitrogens with zero attached hydrogens (tertiary/aromatic N) is 5. The van der Waals surface area contributed by atoms with Crippen molar-refractivity contribution in [3.8, 4) is 0 Å². The fraction of sp³-hybridized carbons (Fsp3) is 0.438. The van der Waals surface area contributed by atoms with E-state index in [1.165, 1.54) is 17.7 Å². The number of imidazole rings is 1. The lowest BCUT2D eigenvalue weighted by Crippen LogP contribution is -2.42. The number of hydrogen-bond donors (Lipinski definition) is 1. The van der Waals surface area contributed by atoms with Gasteiger partial charge in [-0.05, 0) is 6.07 Å². The summed E-state index contributed by atoms with van der Waals surface area (Å²) in [5.74, 6) is 0.364. The van der Waals surface area contributed by atoms with E-state index < -0.39 is 0 Å². The minimum Gasteiger partial charge on any atom is -0.347 e. The van der Waals surface area contributed by atoms with Crippen LogP contribution in [0.15, 0.2) is 35.5 Å². The van der Waals surface area contributed by atoms with Gasteiger partial charge in [0.25, 0.3) is 5.56 Å². The van der Waals surface area contributed by atoms with Crippen LogP contribution in [0, 0.1) is 5.92 Å². The first-order valence-electron chi connectivity index (χ1n) is 8.07. The Hall–Kier alpha value is -2.97. The highest BCUT2D eigenvalue weighted by atomic mass is 16.2. The van der Waals surface area contributed by atoms with E-state index in [0.717, 1.165) is 5.82 Å². The second-order valence-electron chi connectivity index (χ2n) is 6.09. The monoisotopic (exact) mass is 344 g/mol. The van der Waals surface area contributed by atoms with Crippen LogP contribution in [-0.4, -0.2) is 49.1 Å². The first kappa shape index (κ1) is 16.9. The molecule has 0 saturated carbocycles. The van der Waals surface area contributed by atoms with E-state index in [1.807, 2.05) is 10.8 Å². The number of hydrogen-bond acceptors (Lipinski definition) is 5. The molecule has 3 rings (SSSR count). The molecule has 3 heterocycles. The number of carbonyl (C=O) groups excluding carboxylic acids is 2. The lowest BCUT2D eigenvalue weighted by Gasteiger charge is -2.24. The van der Waals surface area contributed by atoms with Crippen LogP contribution in [0.2, 0.25) is 0 Å². The molecule has 2 aromatic heterocycles. The first-order chi connectivity index (χ1) is 12.0. The highest BCUT2D eigenvalue weighted by molar-refractivity contribution is 5.83. The Bertz CT molecular complexity index is 827. The van der Waals surface area contributed by atoms with E-state index in [0.29, 0.717) is 26.2 Å². The summed E-state index contributed by atoms with van der Waals surface area (Å²) in [5.41, 5.74) is -0.172. The average Bonchev–Trinajstić information content (AvgIpc) is 2.93. The lowest BCUT2D eigenvalue weighted by molar-refractivity contribution is -0.133.